The highest BCUT2D eigenvalue weighted by atomic mass is 79.9. The third kappa shape index (κ3) is 6.76. The lowest BCUT2D eigenvalue weighted by Crippen LogP contribution is -2.26. The van der Waals surface area contributed by atoms with E-state index in [0.717, 1.165) is 40.7 Å². The minimum absolute atomic E-state index is 0.406. The van der Waals surface area contributed by atoms with Gasteiger partial charge in [0.05, 0.1) is 7.11 Å². The molecule has 0 aliphatic carbocycles. The fourth-order valence-electron chi connectivity index (χ4n) is 3.14. The number of nitrogens with one attached hydrogen (secondary N) is 1. The first kappa shape index (κ1) is 22.7. The summed E-state index contributed by atoms with van der Waals surface area (Å²) in [5.74, 6) is 1.43. The van der Waals surface area contributed by atoms with Crippen molar-refractivity contribution in [3.63, 3.8) is 0 Å². The van der Waals surface area contributed by atoms with Crippen LogP contribution in [0.15, 0.2) is 71.2 Å². The molecule has 3 aromatic rings. The maximum absolute atomic E-state index is 5.98. The predicted octanol–water partition coefficient (Wildman–Crippen LogP) is 6.80. The SMILES string of the molecule is COc1cc(CNC(C)CCc2ccccc2)c(Br)cc1OCc1ccc(Cl)cc1. The highest BCUT2D eigenvalue weighted by Crippen LogP contribution is 2.34. The lowest BCUT2D eigenvalue weighted by molar-refractivity contribution is 0.284. The highest BCUT2D eigenvalue weighted by Gasteiger charge is 2.12. The maximum atomic E-state index is 5.98. The summed E-state index contributed by atoms with van der Waals surface area (Å²) in [7, 11) is 1.66. The molecule has 3 nitrogen and oxygen atoms in total. The van der Waals surface area contributed by atoms with Gasteiger partial charge in [-0.1, -0.05) is 70.0 Å². The predicted molar refractivity (Wildman–Crippen MR) is 128 cm³/mol. The van der Waals surface area contributed by atoms with Crippen molar-refractivity contribution in [1.29, 1.82) is 0 Å². The molecule has 3 aromatic carbocycles. The van der Waals surface area contributed by atoms with Crippen molar-refractivity contribution in [2.75, 3.05) is 7.11 Å². The number of aryl methyl sites for hydroxylation is 1. The van der Waals surface area contributed by atoms with Crippen molar-refractivity contribution in [2.24, 2.45) is 0 Å². The summed E-state index contributed by atoms with van der Waals surface area (Å²) in [6.07, 6.45) is 2.15. The summed E-state index contributed by atoms with van der Waals surface area (Å²) in [5.41, 5.74) is 3.56. The number of benzene rings is 3. The lowest BCUT2D eigenvalue weighted by atomic mass is 10.1. The van der Waals surface area contributed by atoms with E-state index < -0.39 is 0 Å². The molecule has 158 valence electrons. The van der Waals surface area contributed by atoms with Gasteiger partial charge in [-0.25, -0.2) is 0 Å². The normalized spacial score (nSPS) is 11.9. The average molecular weight is 489 g/mol. The van der Waals surface area contributed by atoms with Gasteiger partial charge >= 0.3 is 0 Å². The fourth-order valence-corrected chi connectivity index (χ4v) is 3.73. The van der Waals surface area contributed by atoms with Gasteiger partial charge in [0.2, 0.25) is 0 Å². The van der Waals surface area contributed by atoms with Gasteiger partial charge in [0.25, 0.3) is 0 Å². The number of halogens is 2. The maximum Gasteiger partial charge on any atom is 0.162 e. The van der Waals surface area contributed by atoms with Crippen LogP contribution in [0.25, 0.3) is 0 Å². The Labute approximate surface area is 192 Å². The summed E-state index contributed by atoms with van der Waals surface area (Å²) in [6, 6.07) is 22.6. The molecule has 1 atom stereocenters. The Bertz CT molecular complexity index is 932. The second-order valence-electron chi connectivity index (χ2n) is 7.32. The van der Waals surface area contributed by atoms with Gasteiger partial charge in [0.1, 0.15) is 6.61 Å². The van der Waals surface area contributed by atoms with E-state index in [4.69, 9.17) is 21.1 Å². The Morgan fingerprint density at radius 3 is 2.40 bits per heavy atom. The van der Waals surface area contributed by atoms with Crippen molar-refractivity contribution in [3.8, 4) is 11.5 Å². The minimum Gasteiger partial charge on any atom is -0.493 e. The number of methoxy groups -OCH3 is 1. The van der Waals surface area contributed by atoms with E-state index >= 15 is 0 Å². The molecule has 0 saturated carbocycles. The molecule has 0 fully saturated rings. The standard InChI is InChI=1S/C25H27BrClNO2/c1-18(8-9-19-6-4-3-5-7-19)28-16-21-14-24(29-2)25(15-23(21)26)30-17-20-10-12-22(27)13-11-20/h3-7,10-15,18,28H,8-9,16-17H2,1-2H3. The van der Waals surface area contributed by atoms with E-state index in [2.05, 4.69) is 58.5 Å². The van der Waals surface area contributed by atoms with Gasteiger partial charge in [-0.05, 0) is 60.7 Å². The zero-order valence-corrected chi connectivity index (χ0v) is 19.7. The van der Waals surface area contributed by atoms with Gasteiger partial charge < -0.3 is 14.8 Å². The van der Waals surface area contributed by atoms with Crippen molar-refractivity contribution in [3.05, 3.63) is 92.9 Å². The Morgan fingerprint density at radius 1 is 0.967 bits per heavy atom. The zero-order chi connectivity index (χ0) is 21.3. The quantitative estimate of drug-likeness (QED) is 0.340. The van der Waals surface area contributed by atoms with Crippen molar-refractivity contribution >= 4 is 27.5 Å². The molecule has 0 spiro atoms. The average Bonchev–Trinajstić information content (AvgIpc) is 2.77. The topological polar surface area (TPSA) is 30.5 Å². The lowest BCUT2D eigenvalue weighted by Gasteiger charge is -2.17. The molecule has 0 bridgehead atoms. The smallest absolute Gasteiger partial charge is 0.162 e. The summed E-state index contributed by atoms with van der Waals surface area (Å²) in [6.45, 7) is 3.43. The van der Waals surface area contributed by atoms with Crippen molar-refractivity contribution < 1.29 is 9.47 Å². The van der Waals surface area contributed by atoms with Crippen LogP contribution in [0.1, 0.15) is 30.0 Å². The second kappa shape index (κ2) is 11.4. The van der Waals surface area contributed by atoms with Crippen LogP contribution < -0.4 is 14.8 Å². The van der Waals surface area contributed by atoms with Crippen LogP contribution in [0.2, 0.25) is 5.02 Å². The third-order valence-corrected chi connectivity index (χ3v) is 5.98. The van der Waals surface area contributed by atoms with E-state index in [-0.39, 0.29) is 0 Å². The number of hydrogen-bond donors (Lipinski definition) is 1. The molecule has 0 heterocycles. The van der Waals surface area contributed by atoms with E-state index in [9.17, 15) is 0 Å². The van der Waals surface area contributed by atoms with E-state index in [1.54, 1.807) is 7.11 Å². The Balaban J connectivity index is 1.56. The van der Waals surface area contributed by atoms with Gasteiger partial charge in [0, 0.05) is 22.1 Å². The minimum atomic E-state index is 0.406. The molecule has 5 heteroatoms. The summed E-state index contributed by atoms with van der Waals surface area (Å²) >= 11 is 9.62. The van der Waals surface area contributed by atoms with Gasteiger partial charge in [-0.2, -0.15) is 0 Å². The number of ether oxygens (including phenoxy) is 2. The first-order valence-electron chi connectivity index (χ1n) is 10.1. The molecule has 0 radical (unpaired) electrons. The Hall–Kier alpha value is -2.01. The molecular weight excluding hydrogens is 462 g/mol. The van der Waals surface area contributed by atoms with E-state index in [1.807, 2.05) is 36.4 Å². The van der Waals surface area contributed by atoms with Crippen LogP contribution in [0.4, 0.5) is 0 Å². The molecular formula is C25H27BrClNO2. The molecule has 1 N–H and O–H groups in total. The number of rotatable bonds is 10. The molecule has 0 aliphatic rings. The van der Waals surface area contributed by atoms with Gasteiger partial charge in [0.15, 0.2) is 11.5 Å². The van der Waals surface area contributed by atoms with Gasteiger partial charge in [-0.15, -0.1) is 0 Å². The van der Waals surface area contributed by atoms with E-state index in [0.29, 0.717) is 23.4 Å². The fraction of sp³-hybridized carbons (Fsp3) is 0.280. The first-order chi connectivity index (χ1) is 14.5. The molecule has 3 rings (SSSR count). The third-order valence-electron chi connectivity index (χ3n) is 4.99. The Morgan fingerprint density at radius 2 is 1.70 bits per heavy atom. The number of hydrogen-bond acceptors (Lipinski definition) is 3. The molecule has 0 amide bonds. The highest BCUT2D eigenvalue weighted by molar-refractivity contribution is 9.10. The van der Waals surface area contributed by atoms with Crippen LogP contribution in [0, 0.1) is 0 Å². The van der Waals surface area contributed by atoms with Crippen LogP contribution in [-0.4, -0.2) is 13.2 Å². The second-order valence-corrected chi connectivity index (χ2v) is 8.61. The van der Waals surface area contributed by atoms with Gasteiger partial charge in [-0.3, -0.25) is 0 Å². The van der Waals surface area contributed by atoms with Crippen LogP contribution >= 0.6 is 27.5 Å². The molecule has 0 aromatic heterocycles. The molecule has 0 saturated heterocycles. The molecule has 1 unspecified atom stereocenters. The van der Waals surface area contributed by atoms with Crippen molar-refractivity contribution in [1.82, 2.24) is 5.32 Å². The van der Waals surface area contributed by atoms with Crippen LogP contribution in [0.5, 0.6) is 11.5 Å². The van der Waals surface area contributed by atoms with Crippen LogP contribution in [-0.2, 0) is 19.6 Å². The first-order valence-corrected chi connectivity index (χ1v) is 11.2. The summed E-state index contributed by atoms with van der Waals surface area (Å²) in [5, 5.41) is 4.32. The monoisotopic (exact) mass is 487 g/mol. The van der Waals surface area contributed by atoms with E-state index in [1.165, 1.54) is 5.56 Å². The Kier molecular flexibility index (Phi) is 8.61. The summed E-state index contributed by atoms with van der Waals surface area (Å²) < 4.78 is 12.5. The summed E-state index contributed by atoms with van der Waals surface area (Å²) in [4.78, 5) is 0. The van der Waals surface area contributed by atoms with Crippen molar-refractivity contribution in [2.45, 2.75) is 39.0 Å². The zero-order valence-electron chi connectivity index (χ0n) is 17.3. The molecule has 0 aliphatic heterocycles. The largest absolute Gasteiger partial charge is 0.493 e. The molecule has 30 heavy (non-hydrogen) atoms. The van der Waals surface area contributed by atoms with Crippen LogP contribution in [0.3, 0.4) is 0 Å².